The van der Waals surface area contributed by atoms with Gasteiger partial charge in [-0.25, -0.2) is 0 Å². The standard InChI is InChI=1S/C14H19BrN2O/c1-2-17-9-3-4-13(17)10-16-14(18)11-5-7-12(15)8-6-11/h5-8,13H,2-4,9-10H2,1H3,(H,16,18)/t13-/m1/s1. The van der Waals surface area contributed by atoms with E-state index in [4.69, 9.17) is 0 Å². The van der Waals surface area contributed by atoms with Crippen molar-refractivity contribution in [3.63, 3.8) is 0 Å². The van der Waals surface area contributed by atoms with Crippen LogP contribution in [0.15, 0.2) is 28.7 Å². The molecule has 2 rings (SSSR count). The molecule has 1 aromatic carbocycles. The van der Waals surface area contributed by atoms with Crippen LogP contribution in [0.3, 0.4) is 0 Å². The summed E-state index contributed by atoms with van der Waals surface area (Å²) in [4.78, 5) is 14.4. The zero-order valence-corrected chi connectivity index (χ0v) is 12.2. The topological polar surface area (TPSA) is 32.3 Å². The lowest BCUT2D eigenvalue weighted by Gasteiger charge is -2.22. The van der Waals surface area contributed by atoms with Gasteiger partial charge in [0.2, 0.25) is 0 Å². The van der Waals surface area contributed by atoms with E-state index in [0.29, 0.717) is 6.04 Å². The van der Waals surface area contributed by atoms with Gasteiger partial charge >= 0.3 is 0 Å². The molecule has 1 atom stereocenters. The van der Waals surface area contributed by atoms with Crippen molar-refractivity contribution in [1.29, 1.82) is 0 Å². The molecule has 1 aromatic rings. The van der Waals surface area contributed by atoms with E-state index in [0.717, 1.165) is 29.7 Å². The molecule has 0 aromatic heterocycles. The predicted molar refractivity (Wildman–Crippen MR) is 76.7 cm³/mol. The summed E-state index contributed by atoms with van der Waals surface area (Å²) < 4.78 is 0.993. The van der Waals surface area contributed by atoms with Crippen molar-refractivity contribution in [3.8, 4) is 0 Å². The van der Waals surface area contributed by atoms with Gasteiger partial charge in [-0.05, 0) is 50.2 Å². The Balaban J connectivity index is 1.86. The highest BCUT2D eigenvalue weighted by Gasteiger charge is 2.23. The first-order chi connectivity index (χ1) is 8.70. The van der Waals surface area contributed by atoms with Crippen molar-refractivity contribution in [2.24, 2.45) is 0 Å². The largest absolute Gasteiger partial charge is 0.350 e. The lowest BCUT2D eigenvalue weighted by atomic mass is 10.2. The lowest BCUT2D eigenvalue weighted by Crippen LogP contribution is -2.40. The summed E-state index contributed by atoms with van der Waals surface area (Å²) in [5.74, 6) is 0.0189. The molecule has 0 radical (unpaired) electrons. The molecule has 3 nitrogen and oxygen atoms in total. The van der Waals surface area contributed by atoms with Crippen LogP contribution >= 0.6 is 15.9 Å². The molecule has 0 spiro atoms. The molecule has 0 saturated carbocycles. The van der Waals surface area contributed by atoms with Crippen LogP contribution in [0.25, 0.3) is 0 Å². The Morgan fingerprint density at radius 3 is 2.83 bits per heavy atom. The number of amides is 1. The fourth-order valence-corrected chi connectivity index (χ4v) is 2.72. The maximum absolute atomic E-state index is 12.0. The molecule has 98 valence electrons. The van der Waals surface area contributed by atoms with Crippen LogP contribution in [0, 0.1) is 0 Å². The van der Waals surface area contributed by atoms with Crippen LogP contribution in [-0.2, 0) is 0 Å². The lowest BCUT2D eigenvalue weighted by molar-refractivity contribution is 0.0941. The SMILES string of the molecule is CCN1CCC[C@@H]1CNC(=O)c1ccc(Br)cc1. The van der Waals surface area contributed by atoms with Crippen molar-refractivity contribution in [2.75, 3.05) is 19.6 Å². The van der Waals surface area contributed by atoms with Gasteiger partial charge in [0, 0.05) is 22.6 Å². The van der Waals surface area contributed by atoms with E-state index in [1.807, 2.05) is 24.3 Å². The van der Waals surface area contributed by atoms with E-state index in [1.165, 1.54) is 12.8 Å². The van der Waals surface area contributed by atoms with Gasteiger partial charge in [-0.15, -0.1) is 0 Å². The van der Waals surface area contributed by atoms with Crippen LogP contribution < -0.4 is 5.32 Å². The first-order valence-corrected chi connectivity index (χ1v) is 7.28. The van der Waals surface area contributed by atoms with Gasteiger partial charge in [0.15, 0.2) is 0 Å². The molecular formula is C14H19BrN2O. The first kappa shape index (κ1) is 13.6. The fourth-order valence-electron chi connectivity index (χ4n) is 2.46. The van der Waals surface area contributed by atoms with E-state index in [1.54, 1.807) is 0 Å². The molecule has 0 aliphatic carbocycles. The number of carbonyl (C=O) groups is 1. The quantitative estimate of drug-likeness (QED) is 0.927. The average molecular weight is 311 g/mol. The smallest absolute Gasteiger partial charge is 0.251 e. The number of nitrogens with one attached hydrogen (secondary N) is 1. The Bertz CT molecular complexity index is 405. The maximum atomic E-state index is 12.0. The molecule has 1 aliphatic rings. The van der Waals surface area contributed by atoms with Crippen molar-refractivity contribution in [2.45, 2.75) is 25.8 Å². The van der Waals surface area contributed by atoms with E-state index in [-0.39, 0.29) is 5.91 Å². The molecule has 1 amide bonds. The Labute approximate surface area is 117 Å². The second kappa shape index (κ2) is 6.34. The fraction of sp³-hybridized carbons (Fsp3) is 0.500. The summed E-state index contributed by atoms with van der Waals surface area (Å²) >= 11 is 3.37. The highest BCUT2D eigenvalue weighted by Crippen LogP contribution is 2.16. The number of halogens is 1. The minimum atomic E-state index is 0.0189. The third-order valence-corrected chi connectivity index (χ3v) is 4.04. The third kappa shape index (κ3) is 3.33. The summed E-state index contributed by atoms with van der Waals surface area (Å²) in [6.45, 7) is 5.16. The van der Waals surface area contributed by atoms with Crippen LogP contribution in [0.1, 0.15) is 30.1 Å². The highest BCUT2D eigenvalue weighted by atomic mass is 79.9. The van der Waals surface area contributed by atoms with Crippen molar-refractivity contribution in [3.05, 3.63) is 34.3 Å². The van der Waals surface area contributed by atoms with E-state index in [9.17, 15) is 4.79 Å². The zero-order chi connectivity index (χ0) is 13.0. The van der Waals surface area contributed by atoms with Crippen molar-refractivity contribution in [1.82, 2.24) is 10.2 Å². The van der Waals surface area contributed by atoms with Crippen molar-refractivity contribution < 1.29 is 4.79 Å². The normalized spacial score (nSPS) is 20.0. The third-order valence-electron chi connectivity index (χ3n) is 3.51. The monoisotopic (exact) mass is 310 g/mol. The van der Waals surface area contributed by atoms with Crippen LogP contribution in [0.5, 0.6) is 0 Å². The number of carbonyl (C=O) groups excluding carboxylic acids is 1. The van der Waals surface area contributed by atoms with Gasteiger partial charge in [-0.2, -0.15) is 0 Å². The minimum absolute atomic E-state index is 0.0189. The van der Waals surface area contributed by atoms with Gasteiger partial charge in [0.25, 0.3) is 5.91 Å². The van der Waals surface area contributed by atoms with Gasteiger partial charge in [0.05, 0.1) is 0 Å². The first-order valence-electron chi connectivity index (χ1n) is 6.48. The second-order valence-corrected chi connectivity index (χ2v) is 5.56. The van der Waals surface area contributed by atoms with Gasteiger partial charge in [-0.1, -0.05) is 22.9 Å². The zero-order valence-electron chi connectivity index (χ0n) is 10.7. The van der Waals surface area contributed by atoms with Crippen LogP contribution in [0.2, 0.25) is 0 Å². The molecule has 18 heavy (non-hydrogen) atoms. The van der Waals surface area contributed by atoms with Crippen LogP contribution in [0.4, 0.5) is 0 Å². The molecule has 4 heteroatoms. The predicted octanol–water partition coefficient (Wildman–Crippen LogP) is 2.66. The molecular weight excluding hydrogens is 292 g/mol. The molecule has 1 heterocycles. The number of likely N-dealkylation sites (N-methyl/N-ethyl adjacent to an activating group) is 1. The molecule has 1 N–H and O–H groups in total. The Morgan fingerprint density at radius 1 is 1.44 bits per heavy atom. The molecule has 1 fully saturated rings. The van der Waals surface area contributed by atoms with E-state index < -0.39 is 0 Å². The summed E-state index contributed by atoms with van der Waals surface area (Å²) in [5, 5.41) is 3.03. The molecule has 0 unspecified atom stereocenters. The summed E-state index contributed by atoms with van der Waals surface area (Å²) in [6.07, 6.45) is 2.43. The number of hydrogen-bond donors (Lipinski definition) is 1. The molecule has 1 aliphatic heterocycles. The maximum Gasteiger partial charge on any atom is 0.251 e. The summed E-state index contributed by atoms with van der Waals surface area (Å²) in [6, 6.07) is 7.97. The number of likely N-dealkylation sites (tertiary alicyclic amines) is 1. The Hall–Kier alpha value is -0.870. The van der Waals surface area contributed by atoms with Gasteiger partial charge in [-0.3, -0.25) is 9.69 Å². The number of nitrogens with zero attached hydrogens (tertiary/aromatic N) is 1. The van der Waals surface area contributed by atoms with E-state index >= 15 is 0 Å². The number of benzene rings is 1. The van der Waals surface area contributed by atoms with E-state index in [2.05, 4.69) is 33.1 Å². The second-order valence-electron chi connectivity index (χ2n) is 4.64. The minimum Gasteiger partial charge on any atom is -0.350 e. The molecule has 1 saturated heterocycles. The Morgan fingerprint density at radius 2 is 2.17 bits per heavy atom. The summed E-state index contributed by atoms with van der Waals surface area (Å²) in [7, 11) is 0. The highest BCUT2D eigenvalue weighted by molar-refractivity contribution is 9.10. The van der Waals surface area contributed by atoms with Crippen molar-refractivity contribution >= 4 is 21.8 Å². The van der Waals surface area contributed by atoms with Gasteiger partial charge < -0.3 is 5.32 Å². The average Bonchev–Trinajstić information content (AvgIpc) is 2.84. The summed E-state index contributed by atoms with van der Waals surface area (Å²) in [5.41, 5.74) is 0.722. The number of rotatable bonds is 4. The van der Waals surface area contributed by atoms with Crippen LogP contribution in [-0.4, -0.2) is 36.5 Å². The number of hydrogen-bond acceptors (Lipinski definition) is 2. The Kier molecular flexibility index (Phi) is 4.78. The molecule has 0 bridgehead atoms. The van der Waals surface area contributed by atoms with Gasteiger partial charge in [0.1, 0.15) is 0 Å².